The van der Waals surface area contributed by atoms with Crippen molar-refractivity contribution >= 4 is 23.0 Å². The summed E-state index contributed by atoms with van der Waals surface area (Å²) >= 11 is 1.30. The molecule has 0 aliphatic carbocycles. The van der Waals surface area contributed by atoms with E-state index in [-0.39, 0.29) is 29.7 Å². The molecule has 3 aromatic heterocycles. The number of piperidine rings is 1. The Bertz CT molecular complexity index is 1430. The normalized spacial score (nSPS) is 18.3. The van der Waals surface area contributed by atoms with Crippen LogP contribution >= 0.6 is 11.3 Å². The Labute approximate surface area is 205 Å². The van der Waals surface area contributed by atoms with Crippen LogP contribution in [0.5, 0.6) is 5.75 Å². The van der Waals surface area contributed by atoms with Gasteiger partial charge in [0, 0.05) is 43.0 Å². The Balaban J connectivity index is 1.43. The third-order valence-corrected chi connectivity index (χ3v) is 7.30. The molecule has 5 rings (SSSR count). The number of rotatable bonds is 5. The topological polar surface area (TPSA) is 92.7 Å². The maximum absolute atomic E-state index is 13.2. The molecule has 0 bridgehead atoms. The second kappa shape index (κ2) is 9.26. The number of aromatic nitrogens is 4. The molecule has 1 saturated heterocycles. The second-order valence-electron chi connectivity index (χ2n) is 9.39. The van der Waals surface area contributed by atoms with Crippen LogP contribution in [0.25, 0.3) is 16.5 Å². The van der Waals surface area contributed by atoms with Gasteiger partial charge < -0.3 is 14.6 Å². The van der Waals surface area contributed by atoms with E-state index in [2.05, 4.69) is 23.8 Å². The highest BCUT2D eigenvalue weighted by Crippen LogP contribution is 2.30. The van der Waals surface area contributed by atoms with Crippen LogP contribution in [-0.4, -0.2) is 47.9 Å². The molecule has 0 unspecified atom stereocenters. The maximum atomic E-state index is 13.2. The van der Waals surface area contributed by atoms with Crippen LogP contribution in [0.2, 0.25) is 0 Å². The van der Waals surface area contributed by atoms with E-state index >= 15 is 0 Å². The molecule has 4 heterocycles. The van der Waals surface area contributed by atoms with Gasteiger partial charge in [-0.3, -0.25) is 9.59 Å². The van der Waals surface area contributed by atoms with Crippen molar-refractivity contribution in [2.45, 2.75) is 33.2 Å². The highest BCUT2D eigenvalue weighted by Gasteiger charge is 2.26. The summed E-state index contributed by atoms with van der Waals surface area (Å²) in [5.41, 5.74) is 0.382. The van der Waals surface area contributed by atoms with Crippen LogP contribution in [0.3, 0.4) is 0 Å². The van der Waals surface area contributed by atoms with Crippen LogP contribution in [0.15, 0.2) is 47.7 Å². The van der Waals surface area contributed by atoms with Crippen LogP contribution in [0, 0.1) is 17.7 Å². The smallest absolute Gasteiger partial charge is 0.302 e. The number of imidazole rings is 1. The summed E-state index contributed by atoms with van der Waals surface area (Å²) in [7, 11) is 0. The lowest BCUT2D eigenvalue weighted by atomic mass is 9.92. The first-order valence-electron chi connectivity index (χ1n) is 11.6. The lowest BCUT2D eigenvalue weighted by molar-refractivity contribution is -0.134. The molecular formula is C25H26FN5O3S. The Hall–Kier alpha value is -3.53. The maximum Gasteiger partial charge on any atom is 0.302 e. The first-order chi connectivity index (χ1) is 16.8. The van der Waals surface area contributed by atoms with Gasteiger partial charge in [-0.1, -0.05) is 26.0 Å². The molecule has 2 atom stereocenters. The number of hydrogen-bond acceptors (Lipinski definition) is 6. The number of fused-ring (bicyclic) bond motifs is 1. The molecule has 0 radical (unpaired) electrons. The van der Waals surface area contributed by atoms with E-state index < -0.39 is 11.3 Å². The summed E-state index contributed by atoms with van der Waals surface area (Å²) in [6.45, 7) is 5.79. The SMILES string of the molecule is C[C@@H]1C[C@@H](C)CN(C(=O)Cn2ccn3c(=O)c(O)c(-c4ncc(Cc5ccc(F)cc5)s4)nc23)C1. The molecule has 10 heteroatoms. The van der Waals surface area contributed by atoms with E-state index in [0.29, 0.717) is 23.3 Å². The third kappa shape index (κ3) is 4.70. The van der Waals surface area contributed by atoms with Crippen molar-refractivity contribution in [2.24, 2.45) is 11.8 Å². The zero-order valence-corrected chi connectivity index (χ0v) is 20.3. The van der Waals surface area contributed by atoms with E-state index in [9.17, 15) is 19.1 Å². The molecule has 35 heavy (non-hydrogen) atoms. The fourth-order valence-corrected chi connectivity index (χ4v) is 5.69. The zero-order valence-electron chi connectivity index (χ0n) is 19.5. The largest absolute Gasteiger partial charge is 0.501 e. The number of carbonyl (C=O) groups excluding carboxylic acids is 1. The molecule has 1 N–H and O–H groups in total. The van der Waals surface area contributed by atoms with Gasteiger partial charge in [0.1, 0.15) is 17.4 Å². The molecule has 1 amide bonds. The van der Waals surface area contributed by atoms with Crippen molar-refractivity contribution in [1.82, 2.24) is 23.8 Å². The number of nitrogens with zero attached hydrogens (tertiary/aromatic N) is 5. The molecule has 1 aliphatic heterocycles. The van der Waals surface area contributed by atoms with Gasteiger partial charge in [-0.05, 0) is 36.0 Å². The number of likely N-dealkylation sites (tertiary alicyclic amines) is 1. The molecule has 182 valence electrons. The third-order valence-electron chi connectivity index (χ3n) is 6.30. The van der Waals surface area contributed by atoms with Crippen molar-refractivity contribution in [3.05, 3.63) is 69.5 Å². The number of hydrogen-bond donors (Lipinski definition) is 1. The summed E-state index contributed by atoms with van der Waals surface area (Å²) in [4.78, 5) is 37.5. The average molecular weight is 496 g/mol. The van der Waals surface area contributed by atoms with Crippen molar-refractivity contribution in [2.75, 3.05) is 13.1 Å². The van der Waals surface area contributed by atoms with Gasteiger partial charge in [-0.2, -0.15) is 0 Å². The number of thiazole rings is 1. The molecule has 1 aromatic carbocycles. The van der Waals surface area contributed by atoms with Crippen molar-refractivity contribution in [3.8, 4) is 16.5 Å². The van der Waals surface area contributed by atoms with Gasteiger partial charge in [-0.25, -0.2) is 18.8 Å². The van der Waals surface area contributed by atoms with Gasteiger partial charge in [0.25, 0.3) is 0 Å². The minimum atomic E-state index is -0.619. The van der Waals surface area contributed by atoms with E-state index in [1.54, 1.807) is 29.1 Å². The lowest BCUT2D eigenvalue weighted by Gasteiger charge is -2.35. The Morgan fingerprint density at radius 3 is 2.60 bits per heavy atom. The van der Waals surface area contributed by atoms with E-state index in [0.717, 1.165) is 30.0 Å². The predicted octanol–water partition coefficient (Wildman–Crippen LogP) is 3.56. The highest BCUT2D eigenvalue weighted by molar-refractivity contribution is 7.15. The van der Waals surface area contributed by atoms with Gasteiger partial charge in [0.05, 0.1) is 0 Å². The molecule has 1 aliphatic rings. The number of halogens is 1. The molecule has 8 nitrogen and oxygen atoms in total. The van der Waals surface area contributed by atoms with E-state index in [1.165, 1.54) is 34.1 Å². The summed E-state index contributed by atoms with van der Waals surface area (Å²) in [6, 6.07) is 6.22. The molecule has 1 fully saturated rings. The Morgan fingerprint density at radius 1 is 1.17 bits per heavy atom. The van der Waals surface area contributed by atoms with Gasteiger partial charge in [0.2, 0.25) is 17.4 Å². The van der Waals surface area contributed by atoms with E-state index in [1.807, 2.05) is 4.90 Å². The van der Waals surface area contributed by atoms with Crippen molar-refractivity contribution in [1.29, 1.82) is 0 Å². The predicted molar refractivity (Wildman–Crippen MR) is 131 cm³/mol. The van der Waals surface area contributed by atoms with Gasteiger partial charge in [0.15, 0.2) is 5.69 Å². The fourth-order valence-electron chi connectivity index (χ4n) is 4.75. The van der Waals surface area contributed by atoms with Crippen LogP contribution in [0.1, 0.15) is 30.7 Å². The second-order valence-corrected chi connectivity index (χ2v) is 10.5. The van der Waals surface area contributed by atoms with Crippen molar-refractivity contribution < 1.29 is 14.3 Å². The summed E-state index contributed by atoms with van der Waals surface area (Å²) in [5.74, 6) is 0.343. The van der Waals surface area contributed by atoms with Crippen LogP contribution in [-0.2, 0) is 17.8 Å². The fraction of sp³-hybridized carbons (Fsp3) is 0.360. The van der Waals surface area contributed by atoms with Gasteiger partial charge in [-0.15, -0.1) is 11.3 Å². The minimum Gasteiger partial charge on any atom is -0.501 e. The Kier molecular flexibility index (Phi) is 6.14. The average Bonchev–Trinajstić information content (AvgIpc) is 3.44. The first-order valence-corrected chi connectivity index (χ1v) is 12.4. The Morgan fingerprint density at radius 2 is 1.89 bits per heavy atom. The number of benzene rings is 1. The molecule has 0 spiro atoms. The summed E-state index contributed by atoms with van der Waals surface area (Å²) in [6.07, 6.45) is 6.44. The van der Waals surface area contributed by atoms with Crippen LogP contribution in [0.4, 0.5) is 4.39 Å². The number of carbonyl (C=O) groups is 1. The monoisotopic (exact) mass is 495 g/mol. The number of amides is 1. The standard InChI is InChI=1S/C25H26FN5O3S/c1-15-9-16(2)13-30(12-15)20(32)14-29-7-8-31-24(34)22(33)21(28-25(29)31)23-27-11-19(35-23)10-17-3-5-18(26)6-4-17/h3-8,11,15-16,33H,9-10,12-14H2,1-2H3/t15-,16-/m1/s1. The van der Waals surface area contributed by atoms with Crippen LogP contribution < -0.4 is 5.56 Å². The highest BCUT2D eigenvalue weighted by atomic mass is 32.1. The lowest BCUT2D eigenvalue weighted by Crippen LogP contribution is -2.44. The number of aromatic hydroxyl groups is 1. The summed E-state index contributed by atoms with van der Waals surface area (Å²) in [5, 5.41) is 11.0. The minimum absolute atomic E-state index is 0.0267. The summed E-state index contributed by atoms with van der Waals surface area (Å²) < 4.78 is 16.0. The first kappa shape index (κ1) is 23.2. The van der Waals surface area contributed by atoms with E-state index in [4.69, 9.17) is 0 Å². The molecular weight excluding hydrogens is 469 g/mol. The van der Waals surface area contributed by atoms with Crippen molar-refractivity contribution in [3.63, 3.8) is 0 Å². The quantitative estimate of drug-likeness (QED) is 0.457. The molecule has 4 aromatic rings. The molecule has 0 saturated carbocycles. The van der Waals surface area contributed by atoms with Gasteiger partial charge >= 0.3 is 5.56 Å². The zero-order chi connectivity index (χ0) is 24.7.